The zero-order chi connectivity index (χ0) is 15.1. The molecule has 0 aromatic carbocycles. The van der Waals surface area contributed by atoms with Gasteiger partial charge >= 0.3 is 6.09 Å². The summed E-state index contributed by atoms with van der Waals surface area (Å²) in [6.45, 7) is 0. The molecule has 0 bridgehead atoms. The second-order valence-electron chi connectivity index (χ2n) is 6.72. The molecule has 0 unspecified atom stereocenters. The monoisotopic (exact) mass is 321 g/mol. The number of nitrogens with zero attached hydrogens (tertiary/aromatic N) is 2. The summed E-state index contributed by atoms with van der Waals surface area (Å²) in [5.41, 5.74) is 2.52. The Hall–Kier alpha value is -1.17. The highest BCUT2D eigenvalue weighted by molar-refractivity contribution is 8.00. The fourth-order valence-corrected chi connectivity index (χ4v) is 4.11. The largest absolute Gasteiger partial charge is 0.444 e. The maximum atomic E-state index is 12.1. The molecule has 4 rings (SSSR count). The van der Waals surface area contributed by atoms with Crippen molar-refractivity contribution in [1.82, 2.24) is 9.78 Å². The molecule has 2 saturated carbocycles. The minimum absolute atomic E-state index is 0.0805. The summed E-state index contributed by atoms with van der Waals surface area (Å²) in [7, 11) is 1.93. The first kappa shape index (κ1) is 14.4. The van der Waals surface area contributed by atoms with Crippen molar-refractivity contribution in [3.63, 3.8) is 0 Å². The highest BCUT2D eigenvalue weighted by atomic mass is 32.2. The number of carbonyl (C=O) groups is 1. The van der Waals surface area contributed by atoms with Crippen LogP contribution in [0.1, 0.15) is 61.6 Å². The fraction of sp³-hybridized carbons (Fsp3) is 0.750. The Bertz CT molecular complexity index is 572. The molecule has 0 atom stereocenters. The van der Waals surface area contributed by atoms with Crippen molar-refractivity contribution in [1.29, 1.82) is 0 Å². The Morgan fingerprint density at radius 2 is 1.95 bits per heavy atom. The minimum atomic E-state index is -0.326. The van der Waals surface area contributed by atoms with Gasteiger partial charge in [-0.05, 0) is 31.6 Å². The van der Waals surface area contributed by atoms with Gasteiger partial charge in [-0.15, -0.1) is 0 Å². The molecule has 1 aromatic heterocycles. The first-order valence-corrected chi connectivity index (χ1v) is 9.50. The predicted molar refractivity (Wildman–Crippen MR) is 87.6 cm³/mol. The van der Waals surface area contributed by atoms with E-state index in [1.54, 1.807) is 0 Å². The maximum Gasteiger partial charge on any atom is 0.413 e. The molecule has 2 heterocycles. The highest BCUT2D eigenvalue weighted by Crippen LogP contribution is 2.49. The quantitative estimate of drug-likeness (QED) is 0.920. The third kappa shape index (κ3) is 2.73. The van der Waals surface area contributed by atoms with Gasteiger partial charge in [0.1, 0.15) is 11.9 Å². The Kier molecular flexibility index (Phi) is 3.80. The van der Waals surface area contributed by atoms with Gasteiger partial charge in [-0.1, -0.05) is 12.8 Å². The molecule has 22 heavy (non-hydrogen) atoms. The molecule has 6 heteroatoms. The number of anilines is 1. The second-order valence-corrected chi connectivity index (χ2v) is 7.79. The molecule has 1 amide bonds. The van der Waals surface area contributed by atoms with Crippen molar-refractivity contribution < 1.29 is 9.53 Å². The fourth-order valence-electron chi connectivity index (χ4n) is 3.54. The summed E-state index contributed by atoms with van der Waals surface area (Å²) in [5, 5.41) is 7.74. The van der Waals surface area contributed by atoms with E-state index in [0.29, 0.717) is 11.8 Å². The number of ether oxygens (including phenoxy) is 1. The van der Waals surface area contributed by atoms with Crippen LogP contribution in [0.25, 0.3) is 0 Å². The van der Waals surface area contributed by atoms with Crippen LogP contribution in [-0.2, 0) is 11.8 Å². The van der Waals surface area contributed by atoms with Gasteiger partial charge < -0.3 is 4.74 Å². The molecule has 1 aromatic rings. The smallest absolute Gasteiger partial charge is 0.413 e. The van der Waals surface area contributed by atoms with E-state index in [2.05, 4.69) is 5.32 Å². The summed E-state index contributed by atoms with van der Waals surface area (Å²) in [6.07, 6.45) is 7.26. The van der Waals surface area contributed by atoms with Crippen molar-refractivity contribution in [3.8, 4) is 0 Å². The minimum Gasteiger partial charge on any atom is -0.444 e. The van der Waals surface area contributed by atoms with Crippen molar-refractivity contribution in [2.75, 3.05) is 16.8 Å². The Labute approximate surface area is 135 Å². The SMILES string of the molecule is Cn1nc(C2CCCC2)c(C2CC2)c1NC(=O)OC1CSC1. The van der Waals surface area contributed by atoms with E-state index in [0.717, 1.165) is 17.3 Å². The van der Waals surface area contributed by atoms with Crippen LogP contribution >= 0.6 is 11.8 Å². The summed E-state index contributed by atoms with van der Waals surface area (Å²) in [5.74, 6) is 3.86. The molecule has 3 aliphatic rings. The molecule has 120 valence electrons. The number of nitrogens with one attached hydrogen (secondary N) is 1. The summed E-state index contributed by atoms with van der Waals surface area (Å²) >= 11 is 1.81. The summed E-state index contributed by atoms with van der Waals surface area (Å²) in [4.78, 5) is 12.1. The van der Waals surface area contributed by atoms with Crippen LogP contribution in [0, 0.1) is 0 Å². The highest BCUT2D eigenvalue weighted by Gasteiger charge is 2.36. The Balaban J connectivity index is 1.56. The lowest BCUT2D eigenvalue weighted by molar-refractivity contribution is 0.129. The van der Waals surface area contributed by atoms with Gasteiger partial charge in [0.15, 0.2) is 0 Å². The van der Waals surface area contributed by atoms with Gasteiger partial charge in [-0.25, -0.2) is 4.79 Å². The lowest BCUT2D eigenvalue weighted by Crippen LogP contribution is -2.33. The van der Waals surface area contributed by atoms with Crippen LogP contribution in [0.4, 0.5) is 10.6 Å². The van der Waals surface area contributed by atoms with Gasteiger partial charge in [0.05, 0.1) is 5.69 Å². The molecule has 5 nitrogen and oxygen atoms in total. The molecule has 1 aliphatic heterocycles. The maximum absolute atomic E-state index is 12.1. The first-order valence-electron chi connectivity index (χ1n) is 8.34. The topological polar surface area (TPSA) is 56.2 Å². The van der Waals surface area contributed by atoms with Gasteiger partial charge in [0.25, 0.3) is 0 Å². The lowest BCUT2D eigenvalue weighted by Gasteiger charge is -2.24. The molecule has 1 N–H and O–H groups in total. The van der Waals surface area contributed by atoms with Crippen LogP contribution in [0.2, 0.25) is 0 Å². The standard InChI is InChI=1S/C16H23N3O2S/c1-19-15(17-16(20)21-12-8-22-9-12)13(10-6-7-10)14(18-19)11-4-2-3-5-11/h10-12H,2-9H2,1H3,(H,17,20). The van der Waals surface area contributed by atoms with Crippen LogP contribution in [0.5, 0.6) is 0 Å². The zero-order valence-electron chi connectivity index (χ0n) is 13.0. The zero-order valence-corrected chi connectivity index (χ0v) is 13.8. The molecular formula is C16H23N3O2S. The third-order valence-electron chi connectivity index (χ3n) is 4.94. The number of amides is 1. The molecule has 3 fully saturated rings. The number of aryl methyl sites for hydroxylation is 1. The first-order chi connectivity index (χ1) is 10.7. The van der Waals surface area contributed by atoms with E-state index in [4.69, 9.17) is 9.84 Å². The molecule has 0 spiro atoms. The third-order valence-corrected chi connectivity index (χ3v) is 6.16. The average Bonchev–Trinajstić information content (AvgIpc) is 3.03. The molecule has 1 saturated heterocycles. The van der Waals surface area contributed by atoms with Gasteiger partial charge in [0, 0.05) is 30.0 Å². The number of aromatic nitrogens is 2. The van der Waals surface area contributed by atoms with E-state index in [1.165, 1.54) is 49.8 Å². The van der Waals surface area contributed by atoms with E-state index in [9.17, 15) is 4.79 Å². The Morgan fingerprint density at radius 3 is 2.55 bits per heavy atom. The van der Waals surface area contributed by atoms with E-state index in [1.807, 2.05) is 23.5 Å². The molecular weight excluding hydrogens is 298 g/mol. The van der Waals surface area contributed by atoms with Gasteiger partial charge in [0.2, 0.25) is 0 Å². The van der Waals surface area contributed by atoms with Crippen molar-refractivity contribution in [2.45, 2.75) is 56.5 Å². The molecule has 0 radical (unpaired) electrons. The van der Waals surface area contributed by atoms with Crippen molar-refractivity contribution in [2.24, 2.45) is 7.05 Å². The number of thioether (sulfide) groups is 1. The Morgan fingerprint density at radius 1 is 1.23 bits per heavy atom. The number of rotatable bonds is 4. The molecule has 2 aliphatic carbocycles. The van der Waals surface area contributed by atoms with Gasteiger partial charge in [-0.2, -0.15) is 16.9 Å². The summed E-state index contributed by atoms with van der Waals surface area (Å²) < 4.78 is 7.27. The van der Waals surface area contributed by atoms with Crippen LogP contribution in [0.15, 0.2) is 0 Å². The normalized spacial score (nSPS) is 22.6. The number of hydrogen-bond acceptors (Lipinski definition) is 4. The van der Waals surface area contributed by atoms with Crippen LogP contribution < -0.4 is 5.32 Å². The second kappa shape index (κ2) is 5.80. The number of carbonyl (C=O) groups excluding carboxylic acids is 1. The van der Waals surface area contributed by atoms with Crippen LogP contribution in [0.3, 0.4) is 0 Å². The summed E-state index contributed by atoms with van der Waals surface area (Å²) in [6, 6.07) is 0. The van der Waals surface area contributed by atoms with Crippen LogP contribution in [-0.4, -0.2) is 33.5 Å². The lowest BCUT2D eigenvalue weighted by atomic mass is 9.97. The van der Waals surface area contributed by atoms with E-state index in [-0.39, 0.29) is 12.2 Å². The average molecular weight is 321 g/mol. The van der Waals surface area contributed by atoms with Crippen molar-refractivity contribution >= 4 is 23.7 Å². The van der Waals surface area contributed by atoms with Crippen molar-refractivity contribution in [3.05, 3.63) is 11.3 Å². The van der Waals surface area contributed by atoms with Gasteiger partial charge in [-0.3, -0.25) is 10.00 Å². The van der Waals surface area contributed by atoms with E-state index < -0.39 is 0 Å². The van der Waals surface area contributed by atoms with E-state index >= 15 is 0 Å². The number of hydrogen-bond donors (Lipinski definition) is 1. The predicted octanol–water partition coefficient (Wildman–Crippen LogP) is 3.62.